The summed E-state index contributed by atoms with van der Waals surface area (Å²) in [6.07, 6.45) is 8.07. The van der Waals surface area contributed by atoms with Gasteiger partial charge in [0.2, 0.25) is 0 Å². The van der Waals surface area contributed by atoms with Crippen molar-refractivity contribution >= 4 is 5.71 Å². The molecule has 0 bridgehead atoms. The van der Waals surface area contributed by atoms with Gasteiger partial charge in [-0.2, -0.15) is 5.10 Å². The van der Waals surface area contributed by atoms with Crippen LogP contribution in [0.5, 0.6) is 0 Å². The van der Waals surface area contributed by atoms with E-state index >= 15 is 0 Å². The van der Waals surface area contributed by atoms with Crippen LogP contribution in [0, 0.1) is 17.8 Å². The maximum atomic E-state index is 4.55. The van der Waals surface area contributed by atoms with Gasteiger partial charge >= 0.3 is 0 Å². The molecule has 0 aromatic carbocycles. The molecule has 2 nitrogen and oxygen atoms in total. The summed E-state index contributed by atoms with van der Waals surface area (Å²) in [5, 5.41) is 4.55. The molecule has 1 saturated carbocycles. The van der Waals surface area contributed by atoms with Crippen molar-refractivity contribution in [3.05, 3.63) is 11.3 Å². The fourth-order valence-electron chi connectivity index (χ4n) is 3.47. The average Bonchev–Trinajstić information content (AvgIpc) is 2.30. The Morgan fingerprint density at radius 1 is 1.28 bits per heavy atom. The van der Waals surface area contributed by atoms with Gasteiger partial charge in [-0.1, -0.05) is 33.6 Å². The third-order valence-electron chi connectivity index (χ3n) is 4.70. The first-order chi connectivity index (χ1) is 8.63. The molecule has 0 saturated heterocycles. The van der Waals surface area contributed by atoms with E-state index in [1.807, 2.05) is 0 Å². The van der Waals surface area contributed by atoms with E-state index in [-0.39, 0.29) is 0 Å². The lowest BCUT2D eigenvalue weighted by Gasteiger charge is -2.33. The number of hydrazone groups is 1. The van der Waals surface area contributed by atoms with Gasteiger partial charge in [-0.05, 0) is 50.0 Å². The van der Waals surface area contributed by atoms with Gasteiger partial charge in [0.15, 0.2) is 0 Å². The molecule has 18 heavy (non-hydrogen) atoms. The predicted molar refractivity (Wildman–Crippen MR) is 78.5 cm³/mol. The Labute approximate surface area is 112 Å². The van der Waals surface area contributed by atoms with Crippen LogP contribution in [-0.4, -0.2) is 5.71 Å². The Balaban J connectivity index is 2.21. The van der Waals surface area contributed by atoms with Crippen LogP contribution in [0.4, 0.5) is 0 Å². The van der Waals surface area contributed by atoms with E-state index in [1.165, 1.54) is 49.9 Å². The molecule has 0 amide bonds. The van der Waals surface area contributed by atoms with Crippen LogP contribution in [0.15, 0.2) is 16.4 Å². The zero-order valence-corrected chi connectivity index (χ0v) is 12.4. The minimum atomic E-state index is 0.570. The second-order valence-electron chi connectivity index (χ2n) is 6.26. The molecule has 2 rings (SSSR count). The van der Waals surface area contributed by atoms with Gasteiger partial charge in [0.05, 0.1) is 0 Å². The van der Waals surface area contributed by atoms with Crippen molar-refractivity contribution in [3.8, 4) is 0 Å². The first kappa shape index (κ1) is 13.6. The zero-order valence-electron chi connectivity index (χ0n) is 12.4. The van der Waals surface area contributed by atoms with Gasteiger partial charge in [0.1, 0.15) is 0 Å². The summed E-state index contributed by atoms with van der Waals surface area (Å²) in [4.78, 5) is 0. The topological polar surface area (TPSA) is 24.4 Å². The molecule has 0 aromatic heterocycles. The fourth-order valence-corrected chi connectivity index (χ4v) is 3.47. The number of nitrogens with one attached hydrogen (secondary N) is 1. The molecule has 0 spiro atoms. The van der Waals surface area contributed by atoms with Gasteiger partial charge in [0, 0.05) is 17.3 Å². The summed E-state index contributed by atoms with van der Waals surface area (Å²) in [6.45, 7) is 9.08. The van der Waals surface area contributed by atoms with Gasteiger partial charge in [-0.3, -0.25) is 5.43 Å². The molecule has 0 aromatic rings. The first-order valence-electron chi connectivity index (χ1n) is 7.66. The lowest BCUT2D eigenvalue weighted by molar-refractivity contribution is 0.371. The summed E-state index contributed by atoms with van der Waals surface area (Å²) < 4.78 is 0. The fraction of sp³-hybridized carbons (Fsp3) is 0.812. The second-order valence-corrected chi connectivity index (χ2v) is 6.26. The van der Waals surface area contributed by atoms with E-state index in [2.05, 4.69) is 38.2 Å². The van der Waals surface area contributed by atoms with Gasteiger partial charge in [-0.25, -0.2) is 0 Å². The number of hydrogen-bond donors (Lipinski definition) is 1. The van der Waals surface area contributed by atoms with Crippen LogP contribution in [0.1, 0.15) is 66.2 Å². The minimum Gasteiger partial charge on any atom is -0.282 e. The maximum Gasteiger partial charge on any atom is 0.0423 e. The quantitative estimate of drug-likeness (QED) is 0.765. The van der Waals surface area contributed by atoms with E-state index in [0.29, 0.717) is 11.8 Å². The molecule has 102 valence electrons. The highest BCUT2D eigenvalue weighted by Crippen LogP contribution is 2.36. The molecule has 2 unspecified atom stereocenters. The van der Waals surface area contributed by atoms with E-state index in [9.17, 15) is 0 Å². The van der Waals surface area contributed by atoms with E-state index in [1.54, 1.807) is 5.57 Å². The van der Waals surface area contributed by atoms with Crippen molar-refractivity contribution in [2.24, 2.45) is 22.9 Å². The third-order valence-corrected chi connectivity index (χ3v) is 4.70. The maximum absolute atomic E-state index is 4.55. The summed E-state index contributed by atoms with van der Waals surface area (Å²) in [5.74, 6) is 2.13. The van der Waals surface area contributed by atoms with Crippen molar-refractivity contribution in [2.45, 2.75) is 66.2 Å². The van der Waals surface area contributed by atoms with E-state index in [0.717, 1.165) is 5.92 Å². The lowest BCUT2D eigenvalue weighted by atomic mass is 9.77. The average molecular weight is 248 g/mol. The lowest BCUT2D eigenvalue weighted by Crippen LogP contribution is -2.30. The van der Waals surface area contributed by atoms with Crippen LogP contribution < -0.4 is 5.43 Å². The molecule has 1 N–H and O–H groups in total. The molecule has 0 radical (unpaired) electrons. The van der Waals surface area contributed by atoms with Gasteiger partial charge < -0.3 is 0 Å². The Bertz CT molecular complexity index is 352. The normalized spacial score (nSPS) is 29.3. The number of fused-ring (bicyclic) bond motifs is 1. The van der Waals surface area contributed by atoms with E-state index in [4.69, 9.17) is 0 Å². The number of hydrogen-bond acceptors (Lipinski definition) is 2. The molecule has 1 aliphatic carbocycles. The molecular formula is C16H28N2. The van der Waals surface area contributed by atoms with Crippen LogP contribution in [0.25, 0.3) is 0 Å². The molecular weight excluding hydrogens is 220 g/mol. The van der Waals surface area contributed by atoms with Crippen LogP contribution in [0.3, 0.4) is 0 Å². The molecule has 2 aliphatic rings. The summed E-state index contributed by atoms with van der Waals surface area (Å²) in [7, 11) is 0. The largest absolute Gasteiger partial charge is 0.282 e. The van der Waals surface area contributed by atoms with Gasteiger partial charge in [0.25, 0.3) is 0 Å². The Hall–Kier alpha value is -0.790. The van der Waals surface area contributed by atoms with Crippen molar-refractivity contribution in [3.63, 3.8) is 0 Å². The summed E-state index contributed by atoms with van der Waals surface area (Å²) in [6, 6.07) is 0. The first-order valence-corrected chi connectivity index (χ1v) is 7.66. The highest BCUT2D eigenvalue weighted by Gasteiger charge is 2.28. The smallest absolute Gasteiger partial charge is 0.0423 e. The van der Waals surface area contributed by atoms with Crippen LogP contribution in [0.2, 0.25) is 0 Å². The minimum absolute atomic E-state index is 0.570. The van der Waals surface area contributed by atoms with E-state index < -0.39 is 0 Å². The van der Waals surface area contributed by atoms with Crippen molar-refractivity contribution in [2.75, 3.05) is 0 Å². The summed E-state index contributed by atoms with van der Waals surface area (Å²) in [5.41, 5.74) is 7.67. The Morgan fingerprint density at radius 3 is 2.72 bits per heavy atom. The Morgan fingerprint density at radius 2 is 2.06 bits per heavy atom. The summed E-state index contributed by atoms with van der Waals surface area (Å²) >= 11 is 0. The molecule has 2 heteroatoms. The highest BCUT2D eigenvalue weighted by molar-refractivity contribution is 5.87. The van der Waals surface area contributed by atoms with Crippen molar-refractivity contribution in [1.82, 2.24) is 5.43 Å². The molecule has 1 fully saturated rings. The van der Waals surface area contributed by atoms with Crippen molar-refractivity contribution in [1.29, 1.82) is 0 Å². The Kier molecular flexibility index (Phi) is 4.47. The van der Waals surface area contributed by atoms with Crippen molar-refractivity contribution < 1.29 is 0 Å². The second kappa shape index (κ2) is 5.90. The van der Waals surface area contributed by atoms with Crippen LogP contribution in [-0.2, 0) is 0 Å². The monoisotopic (exact) mass is 248 g/mol. The third kappa shape index (κ3) is 2.78. The molecule has 1 heterocycles. The number of rotatable bonds is 2. The predicted octanol–water partition coefficient (Wildman–Crippen LogP) is 4.48. The van der Waals surface area contributed by atoms with Crippen LogP contribution >= 0.6 is 0 Å². The van der Waals surface area contributed by atoms with Gasteiger partial charge in [-0.15, -0.1) is 0 Å². The standard InChI is InChI=1S/C16H28N2/c1-5-13-7-6-8-15-14(10-9-13)12(4)17-18-16(15)11(2)3/h11,13-14,18H,5-10H2,1-4H3. The zero-order chi connectivity index (χ0) is 13.1. The highest BCUT2D eigenvalue weighted by atomic mass is 15.3. The molecule has 1 aliphatic heterocycles. The SMILES string of the molecule is CCC1CCCC2=C(C(C)C)NN=C(C)C2CC1. The molecule has 2 atom stereocenters. The number of allylic oxidation sites excluding steroid dienone is 2. The number of nitrogens with zero attached hydrogens (tertiary/aromatic N) is 1.